The van der Waals surface area contributed by atoms with Crippen LogP contribution in [-0.4, -0.2) is 83.6 Å². The highest BCUT2D eigenvalue weighted by Gasteiger charge is 2.14. The first-order valence-electron chi connectivity index (χ1n) is 17.1. The second-order valence-electron chi connectivity index (χ2n) is 12.3. The van der Waals surface area contributed by atoms with Gasteiger partial charge in [-0.25, -0.2) is 0 Å². The maximum Gasteiger partial charge on any atom is 0.123 e. The molecule has 0 bridgehead atoms. The Morgan fingerprint density at radius 2 is 1.11 bits per heavy atom. The molecule has 0 radical (unpaired) electrons. The molecule has 0 atom stereocenters. The molecule has 2 heterocycles. The summed E-state index contributed by atoms with van der Waals surface area (Å²) in [5, 5.41) is 18.2. The number of benzene rings is 3. The van der Waals surface area contributed by atoms with E-state index >= 15 is 0 Å². The minimum absolute atomic E-state index is 0.444. The van der Waals surface area contributed by atoms with E-state index in [1.54, 1.807) is 0 Å². The average molecular weight is 615 g/mol. The van der Waals surface area contributed by atoms with Gasteiger partial charge < -0.3 is 36.1 Å². The van der Waals surface area contributed by atoms with Crippen LogP contribution in [0.4, 0.5) is 0 Å². The van der Waals surface area contributed by atoms with Crippen LogP contribution in [0.2, 0.25) is 0 Å². The first-order valence-corrected chi connectivity index (χ1v) is 17.1. The summed E-state index contributed by atoms with van der Waals surface area (Å²) in [4.78, 5) is 2.60. The van der Waals surface area contributed by atoms with Crippen LogP contribution in [0.15, 0.2) is 72.8 Å². The normalized spacial score (nSPS) is 19.4. The maximum atomic E-state index is 6.12. The van der Waals surface area contributed by atoms with Crippen molar-refractivity contribution in [1.29, 1.82) is 0 Å². The first-order chi connectivity index (χ1) is 22.3. The van der Waals surface area contributed by atoms with Crippen molar-refractivity contribution in [2.24, 2.45) is 5.92 Å². The fourth-order valence-electron chi connectivity index (χ4n) is 6.12. The van der Waals surface area contributed by atoms with Crippen LogP contribution in [-0.2, 0) is 26.1 Å². The lowest BCUT2D eigenvalue weighted by Gasteiger charge is -2.24. The molecule has 45 heavy (non-hydrogen) atoms. The Morgan fingerprint density at radius 3 is 1.76 bits per heavy atom. The van der Waals surface area contributed by atoms with Gasteiger partial charge in [0.25, 0.3) is 0 Å². The lowest BCUT2D eigenvalue weighted by atomic mass is 9.97. The minimum atomic E-state index is 0.444. The fraction of sp³-hybridized carbons (Fsp3) is 0.514. The van der Waals surface area contributed by atoms with Crippen molar-refractivity contribution in [2.45, 2.75) is 38.9 Å². The zero-order valence-electron chi connectivity index (χ0n) is 27.0. The van der Waals surface area contributed by atoms with Gasteiger partial charge in [0, 0.05) is 56.9 Å². The molecular weight excluding hydrogens is 560 g/mol. The van der Waals surface area contributed by atoms with E-state index in [0.29, 0.717) is 19.1 Å². The summed E-state index contributed by atoms with van der Waals surface area (Å²) >= 11 is 0. The van der Waals surface area contributed by atoms with Crippen LogP contribution in [0, 0.1) is 5.92 Å². The number of hydrogen-bond acceptors (Lipinski definition) is 8. The summed E-state index contributed by atoms with van der Waals surface area (Å²) < 4.78 is 12.2. The topological polar surface area (TPSA) is 81.9 Å². The molecule has 244 valence electrons. The van der Waals surface area contributed by atoms with Crippen LogP contribution in [0.3, 0.4) is 0 Å². The Morgan fingerprint density at radius 1 is 0.556 bits per heavy atom. The molecule has 0 amide bonds. The van der Waals surface area contributed by atoms with Crippen LogP contribution in [0.25, 0.3) is 0 Å². The van der Waals surface area contributed by atoms with Gasteiger partial charge in [0.2, 0.25) is 0 Å². The number of ether oxygens (including phenoxy) is 2. The predicted molar refractivity (Wildman–Crippen MR) is 184 cm³/mol. The molecule has 1 saturated heterocycles. The van der Waals surface area contributed by atoms with Gasteiger partial charge in [-0.05, 0) is 87.7 Å². The lowest BCUT2D eigenvalue weighted by molar-refractivity contribution is 0.214. The van der Waals surface area contributed by atoms with Crippen LogP contribution in [0.1, 0.15) is 35.1 Å². The Bertz CT molecular complexity index is 1170. The van der Waals surface area contributed by atoms with Crippen LogP contribution < -0.4 is 36.1 Å². The van der Waals surface area contributed by atoms with Gasteiger partial charge >= 0.3 is 0 Å². The third kappa shape index (κ3) is 12.0. The van der Waals surface area contributed by atoms with E-state index in [-0.39, 0.29) is 0 Å². The Labute approximate surface area is 270 Å². The molecule has 1 fully saturated rings. The molecule has 3 aromatic rings. The van der Waals surface area contributed by atoms with E-state index in [1.807, 2.05) is 12.1 Å². The minimum Gasteiger partial charge on any atom is -0.490 e. The van der Waals surface area contributed by atoms with Gasteiger partial charge in [-0.15, -0.1) is 0 Å². The van der Waals surface area contributed by atoms with Gasteiger partial charge in [-0.3, -0.25) is 4.90 Å². The van der Waals surface area contributed by atoms with E-state index in [2.05, 4.69) is 92.1 Å². The molecule has 2 aliphatic heterocycles. The monoisotopic (exact) mass is 614 g/mol. The van der Waals surface area contributed by atoms with Crippen molar-refractivity contribution >= 4 is 0 Å². The van der Waals surface area contributed by atoms with Crippen LogP contribution >= 0.6 is 0 Å². The second kappa shape index (κ2) is 19.5. The molecule has 2 aliphatic rings. The summed E-state index contributed by atoms with van der Waals surface area (Å²) in [6, 6.07) is 26.0. The van der Waals surface area contributed by atoms with Crippen molar-refractivity contribution in [2.75, 3.05) is 78.7 Å². The van der Waals surface area contributed by atoms with E-state index in [0.717, 1.165) is 103 Å². The molecule has 5 N–H and O–H groups in total. The third-order valence-corrected chi connectivity index (χ3v) is 8.61. The van der Waals surface area contributed by atoms with Gasteiger partial charge in [0.1, 0.15) is 24.7 Å². The molecule has 0 unspecified atom stereocenters. The molecule has 0 saturated carbocycles. The van der Waals surface area contributed by atoms with E-state index < -0.39 is 0 Å². The number of nitrogens with zero attached hydrogens (tertiary/aromatic N) is 1. The predicted octanol–water partition coefficient (Wildman–Crippen LogP) is 3.56. The smallest absolute Gasteiger partial charge is 0.123 e. The van der Waals surface area contributed by atoms with Gasteiger partial charge in [0.05, 0.1) is 0 Å². The first kappa shape index (κ1) is 33.4. The highest BCUT2D eigenvalue weighted by atomic mass is 16.5. The van der Waals surface area contributed by atoms with Crippen molar-refractivity contribution in [1.82, 2.24) is 31.5 Å². The van der Waals surface area contributed by atoms with Crippen molar-refractivity contribution in [3.63, 3.8) is 0 Å². The molecule has 0 spiro atoms. The summed E-state index contributed by atoms with van der Waals surface area (Å²) in [5.74, 6) is 2.29. The molecular formula is C37H54N6O2. The summed E-state index contributed by atoms with van der Waals surface area (Å²) in [6.45, 7) is 14.0. The molecule has 5 rings (SSSR count). The summed E-state index contributed by atoms with van der Waals surface area (Å²) in [7, 11) is 0. The zero-order chi connectivity index (χ0) is 30.8. The van der Waals surface area contributed by atoms with E-state index in [4.69, 9.17) is 9.47 Å². The molecule has 0 aromatic heterocycles. The standard InChI is InChI=1S/C37H54N6O2/c1-3-9-36-34(7-1)28-41-26-33(27-42-29-35-8-2-4-10-37(35)45-24-23-44-36)25-31-11-13-32(14-12-31)30-43-21-6-17-39-19-18-38-15-5-16-40-20-22-43/h1-4,7-14,33,38-42H,5-6,15-30H2. The molecule has 3 aromatic carbocycles. The van der Waals surface area contributed by atoms with Crippen LogP contribution in [0.5, 0.6) is 11.5 Å². The fourth-order valence-corrected chi connectivity index (χ4v) is 6.12. The number of rotatable bonds is 4. The van der Waals surface area contributed by atoms with E-state index in [1.165, 1.54) is 35.1 Å². The van der Waals surface area contributed by atoms with Crippen molar-refractivity contribution < 1.29 is 9.47 Å². The number of para-hydroxylation sites is 2. The summed E-state index contributed by atoms with van der Waals surface area (Å²) in [5.41, 5.74) is 5.14. The van der Waals surface area contributed by atoms with Gasteiger partial charge in [-0.2, -0.15) is 0 Å². The molecule has 0 aliphatic carbocycles. The Balaban J connectivity index is 1.19. The highest BCUT2D eigenvalue weighted by molar-refractivity contribution is 5.34. The zero-order valence-corrected chi connectivity index (χ0v) is 27.0. The third-order valence-electron chi connectivity index (χ3n) is 8.61. The van der Waals surface area contributed by atoms with E-state index in [9.17, 15) is 0 Å². The lowest BCUT2D eigenvalue weighted by Crippen LogP contribution is -2.36. The average Bonchev–Trinajstić information content (AvgIpc) is 3.07. The van der Waals surface area contributed by atoms with Gasteiger partial charge in [0.15, 0.2) is 0 Å². The molecule has 8 nitrogen and oxygen atoms in total. The molecule has 8 heteroatoms. The van der Waals surface area contributed by atoms with Gasteiger partial charge in [-0.1, -0.05) is 60.7 Å². The number of hydrogen-bond donors (Lipinski definition) is 5. The SMILES string of the molecule is c1ccc2c(c1)CNCC(Cc1ccc(CN3CCCNCCNCCCNCC3)cc1)CNCc1ccccc1OCCO2. The highest BCUT2D eigenvalue weighted by Crippen LogP contribution is 2.21. The second-order valence-corrected chi connectivity index (χ2v) is 12.3. The van der Waals surface area contributed by atoms with Crippen molar-refractivity contribution in [3.05, 3.63) is 95.1 Å². The largest absolute Gasteiger partial charge is 0.490 e. The Kier molecular flexibility index (Phi) is 14.5. The maximum absolute atomic E-state index is 6.12. The summed E-state index contributed by atoms with van der Waals surface area (Å²) in [6.07, 6.45) is 3.37. The quantitative estimate of drug-likeness (QED) is 0.306. The Hall–Kier alpha value is -2.98. The van der Waals surface area contributed by atoms with Crippen molar-refractivity contribution in [3.8, 4) is 11.5 Å². The number of fused-ring (bicyclic) bond motifs is 2. The number of nitrogens with one attached hydrogen (secondary N) is 5.